The molecule has 5 heteroatoms. The molecule has 0 saturated carbocycles. The molecule has 5 aromatic carbocycles. The van der Waals surface area contributed by atoms with E-state index in [0.717, 1.165) is 34.7 Å². The molecule has 9 aromatic rings. The zero-order valence-corrected chi connectivity index (χ0v) is 26.0. The van der Waals surface area contributed by atoms with Gasteiger partial charge >= 0.3 is 0 Å². The Balaban J connectivity index is 1.14. The Kier molecular flexibility index (Phi) is 5.93. The van der Waals surface area contributed by atoms with Gasteiger partial charge in [0, 0.05) is 81.3 Å². The van der Waals surface area contributed by atoms with Crippen molar-refractivity contribution in [2.45, 2.75) is 5.92 Å². The molecule has 1 aliphatic heterocycles. The highest BCUT2D eigenvalue weighted by Crippen LogP contribution is 2.43. The predicted octanol–water partition coefficient (Wildman–Crippen LogP) is 10.2. The van der Waals surface area contributed by atoms with Gasteiger partial charge in [0.05, 0.1) is 27.9 Å². The molecule has 1 unspecified atom stereocenters. The molecule has 1 atom stereocenters. The topological polar surface area (TPSA) is 48.0 Å². The molecule has 5 heterocycles. The van der Waals surface area contributed by atoms with E-state index in [9.17, 15) is 0 Å². The van der Waals surface area contributed by atoms with E-state index in [-0.39, 0.29) is 5.92 Å². The maximum atomic E-state index is 5.13. The van der Waals surface area contributed by atoms with Crippen LogP contribution in [0.3, 0.4) is 0 Å². The number of fused-ring (bicyclic) bond motifs is 2. The molecule has 0 aliphatic carbocycles. The first-order valence-corrected chi connectivity index (χ1v) is 16.3. The average Bonchev–Trinajstić information content (AvgIpc) is 3.75. The van der Waals surface area contributed by atoms with E-state index in [1.165, 1.54) is 54.7 Å². The van der Waals surface area contributed by atoms with Gasteiger partial charge in [-0.25, -0.2) is 4.98 Å². The van der Waals surface area contributed by atoms with Crippen LogP contribution in [0.1, 0.15) is 11.5 Å². The minimum atomic E-state index is 0.212. The van der Waals surface area contributed by atoms with Gasteiger partial charge in [-0.05, 0) is 83.8 Å². The fourth-order valence-corrected chi connectivity index (χ4v) is 7.52. The lowest BCUT2D eigenvalue weighted by Gasteiger charge is -2.16. The van der Waals surface area contributed by atoms with Gasteiger partial charge in [-0.3, -0.25) is 9.98 Å². The summed E-state index contributed by atoms with van der Waals surface area (Å²) >= 11 is 0. The van der Waals surface area contributed by atoms with E-state index >= 15 is 0 Å². The lowest BCUT2D eigenvalue weighted by atomic mass is 9.94. The van der Waals surface area contributed by atoms with Gasteiger partial charge in [0.2, 0.25) is 0 Å². The maximum absolute atomic E-state index is 5.13. The summed E-state index contributed by atoms with van der Waals surface area (Å²) in [5.74, 6) is 0.212. The second-order valence-corrected chi connectivity index (χ2v) is 12.5. The van der Waals surface area contributed by atoms with Crippen molar-refractivity contribution in [3.05, 3.63) is 158 Å². The number of benzene rings is 5. The van der Waals surface area contributed by atoms with Crippen LogP contribution in [0.5, 0.6) is 0 Å². The number of hydrogen-bond donors (Lipinski definition) is 0. The summed E-state index contributed by atoms with van der Waals surface area (Å²) in [4.78, 5) is 14.0. The number of nitrogens with zero attached hydrogens (tertiary/aromatic N) is 5. The number of allylic oxidation sites excluding steroid dienone is 1. The standard InChI is InChI=1S/C43H29N5/c1-2-10-34(11-3-1)47-22-19-30-25-40-42-36(43(30)47)18-15-29-7-4-12-39(41(29)42)48(40)35-16-13-28(14-17-35)37-23-33(31-8-5-20-44-26-31)24-38(46-37)32-9-6-21-45-27-32/h1-25,27,31H,26H2. The Morgan fingerprint density at radius 3 is 2.33 bits per heavy atom. The lowest BCUT2D eigenvalue weighted by molar-refractivity contribution is 0.844. The summed E-state index contributed by atoms with van der Waals surface area (Å²) < 4.78 is 4.74. The van der Waals surface area contributed by atoms with Gasteiger partial charge in [0.25, 0.3) is 0 Å². The van der Waals surface area contributed by atoms with Crippen LogP contribution in [0.4, 0.5) is 0 Å². The van der Waals surface area contributed by atoms with Crippen molar-refractivity contribution in [2.24, 2.45) is 4.99 Å². The van der Waals surface area contributed by atoms with E-state index in [2.05, 4.69) is 147 Å². The molecule has 5 nitrogen and oxygen atoms in total. The second kappa shape index (κ2) is 10.6. The van der Waals surface area contributed by atoms with Crippen molar-refractivity contribution in [1.82, 2.24) is 19.1 Å². The molecule has 0 N–H and O–H groups in total. The Bertz CT molecular complexity index is 2680. The second-order valence-electron chi connectivity index (χ2n) is 12.5. The van der Waals surface area contributed by atoms with Crippen molar-refractivity contribution in [3.63, 3.8) is 0 Å². The minimum absolute atomic E-state index is 0.212. The van der Waals surface area contributed by atoms with Crippen LogP contribution in [-0.4, -0.2) is 31.9 Å². The summed E-state index contributed by atoms with van der Waals surface area (Å²) in [6.07, 6.45) is 12.0. The largest absolute Gasteiger partial charge is 0.316 e. The van der Waals surface area contributed by atoms with Crippen molar-refractivity contribution in [1.29, 1.82) is 0 Å². The zero-order chi connectivity index (χ0) is 31.6. The third kappa shape index (κ3) is 4.14. The SMILES string of the molecule is C1=CC(c2cc(-c3ccc(-n4c5cccc6ccc7c(c65)c4cc4ccn(-c5ccccc5)c47)cc3)nc(-c3cccnc3)c2)CN=C1. The fraction of sp³-hybridized carbons (Fsp3) is 0.0465. The third-order valence-electron chi connectivity index (χ3n) is 9.75. The zero-order valence-electron chi connectivity index (χ0n) is 26.0. The smallest absolute Gasteiger partial charge is 0.0727 e. The molecule has 226 valence electrons. The van der Waals surface area contributed by atoms with Crippen LogP contribution in [-0.2, 0) is 0 Å². The van der Waals surface area contributed by atoms with E-state index < -0.39 is 0 Å². The highest BCUT2D eigenvalue weighted by Gasteiger charge is 2.21. The number of aliphatic imine (C=N–C) groups is 1. The van der Waals surface area contributed by atoms with Crippen molar-refractivity contribution >= 4 is 49.7 Å². The summed E-state index contributed by atoms with van der Waals surface area (Å²) in [6.45, 7) is 0.736. The summed E-state index contributed by atoms with van der Waals surface area (Å²) in [5, 5.41) is 6.34. The number of pyridine rings is 2. The average molecular weight is 616 g/mol. The minimum Gasteiger partial charge on any atom is -0.316 e. The first kappa shape index (κ1) is 26.8. The van der Waals surface area contributed by atoms with Crippen molar-refractivity contribution < 1.29 is 0 Å². The Hall–Kier alpha value is -6.33. The molecule has 0 spiro atoms. The molecule has 0 radical (unpaired) electrons. The molecule has 1 aliphatic rings. The Morgan fingerprint density at radius 2 is 1.52 bits per heavy atom. The van der Waals surface area contributed by atoms with Gasteiger partial charge in [-0.1, -0.05) is 60.7 Å². The summed E-state index contributed by atoms with van der Waals surface area (Å²) in [7, 11) is 0. The van der Waals surface area contributed by atoms with Crippen LogP contribution >= 0.6 is 0 Å². The van der Waals surface area contributed by atoms with Crippen LogP contribution in [0.15, 0.2) is 157 Å². The first-order chi connectivity index (χ1) is 23.8. The molecular formula is C43H29N5. The maximum Gasteiger partial charge on any atom is 0.0727 e. The summed E-state index contributed by atoms with van der Waals surface area (Å²) in [6, 6.07) is 43.7. The summed E-state index contributed by atoms with van der Waals surface area (Å²) in [5.41, 5.74) is 11.1. The quantitative estimate of drug-likeness (QED) is 0.181. The third-order valence-corrected chi connectivity index (χ3v) is 9.75. The van der Waals surface area contributed by atoms with E-state index in [4.69, 9.17) is 4.98 Å². The van der Waals surface area contributed by atoms with Crippen molar-refractivity contribution in [3.8, 4) is 33.9 Å². The van der Waals surface area contributed by atoms with Crippen LogP contribution in [0, 0.1) is 0 Å². The molecule has 4 aromatic heterocycles. The number of hydrogen-bond acceptors (Lipinski definition) is 3. The monoisotopic (exact) mass is 615 g/mol. The van der Waals surface area contributed by atoms with Gasteiger partial charge in [0.15, 0.2) is 0 Å². The highest BCUT2D eigenvalue weighted by atomic mass is 15.0. The number of para-hydroxylation sites is 1. The number of rotatable bonds is 5. The van der Waals surface area contributed by atoms with E-state index in [0.29, 0.717) is 0 Å². The Morgan fingerprint density at radius 1 is 0.646 bits per heavy atom. The van der Waals surface area contributed by atoms with E-state index in [1.54, 1.807) is 6.20 Å². The van der Waals surface area contributed by atoms with Crippen LogP contribution in [0.2, 0.25) is 0 Å². The molecule has 0 amide bonds. The fourth-order valence-electron chi connectivity index (χ4n) is 7.52. The van der Waals surface area contributed by atoms with Gasteiger partial charge in [-0.2, -0.15) is 0 Å². The molecule has 0 fully saturated rings. The molecule has 10 rings (SSSR count). The van der Waals surface area contributed by atoms with Crippen LogP contribution in [0.25, 0.3) is 77.4 Å². The van der Waals surface area contributed by atoms with Gasteiger partial charge in [0.1, 0.15) is 0 Å². The Labute approximate surface area is 277 Å². The van der Waals surface area contributed by atoms with Crippen molar-refractivity contribution in [2.75, 3.05) is 6.54 Å². The lowest BCUT2D eigenvalue weighted by Crippen LogP contribution is -2.05. The normalized spacial score (nSPS) is 14.6. The molecular weight excluding hydrogens is 587 g/mol. The van der Waals surface area contributed by atoms with Crippen LogP contribution < -0.4 is 0 Å². The first-order valence-electron chi connectivity index (χ1n) is 16.3. The molecule has 0 saturated heterocycles. The predicted molar refractivity (Wildman–Crippen MR) is 198 cm³/mol. The van der Waals surface area contributed by atoms with E-state index in [1.807, 2.05) is 24.6 Å². The van der Waals surface area contributed by atoms with Gasteiger partial charge < -0.3 is 9.13 Å². The number of dihydropyridines is 1. The number of aromatic nitrogens is 4. The van der Waals surface area contributed by atoms with Gasteiger partial charge in [-0.15, -0.1) is 0 Å². The molecule has 0 bridgehead atoms. The highest BCUT2D eigenvalue weighted by molar-refractivity contribution is 6.29. The molecule has 48 heavy (non-hydrogen) atoms.